The van der Waals surface area contributed by atoms with Crippen molar-refractivity contribution in [3.8, 4) is 0 Å². The summed E-state index contributed by atoms with van der Waals surface area (Å²) in [6, 6.07) is 5.49. The summed E-state index contributed by atoms with van der Waals surface area (Å²) in [7, 11) is 0. The standard InChI is InChI=1S/C13H16N4O2/c1-13(2,3)19-12(18)17-7-9-5-4-6-11(15-16-14)10(9)8-17/h4-6H,7-8H2,1-3H3. The Morgan fingerprint density at radius 1 is 1.42 bits per heavy atom. The van der Waals surface area contributed by atoms with Crippen LogP contribution in [0.1, 0.15) is 31.9 Å². The van der Waals surface area contributed by atoms with E-state index in [1.807, 2.05) is 32.9 Å². The lowest BCUT2D eigenvalue weighted by Crippen LogP contribution is -2.33. The van der Waals surface area contributed by atoms with E-state index in [1.54, 1.807) is 11.0 Å². The molecule has 0 atom stereocenters. The molecule has 19 heavy (non-hydrogen) atoms. The van der Waals surface area contributed by atoms with Gasteiger partial charge >= 0.3 is 6.09 Å². The molecule has 6 heteroatoms. The van der Waals surface area contributed by atoms with E-state index in [0.717, 1.165) is 11.1 Å². The molecule has 0 radical (unpaired) electrons. The molecule has 1 aromatic rings. The molecule has 0 unspecified atom stereocenters. The van der Waals surface area contributed by atoms with Gasteiger partial charge in [0.1, 0.15) is 5.60 Å². The second-order valence-corrected chi connectivity index (χ2v) is 5.44. The molecule has 0 aromatic heterocycles. The van der Waals surface area contributed by atoms with Crippen LogP contribution in [0.3, 0.4) is 0 Å². The molecule has 0 N–H and O–H groups in total. The monoisotopic (exact) mass is 260 g/mol. The molecule has 0 aliphatic carbocycles. The summed E-state index contributed by atoms with van der Waals surface area (Å²) in [5.74, 6) is 0. The van der Waals surface area contributed by atoms with Gasteiger partial charge in [-0.15, -0.1) is 0 Å². The summed E-state index contributed by atoms with van der Waals surface area (Å²) >= 11 is 0. The largest absolute Gasteiger partial charge is 0.444 e. The summed E-state index contributed by atoms with van der Waals surface area (Å²) in [4.78, 5) is 16.4. The van der Waals surface area contributed by atoms with Crippen LogP contribution < -0.4 is 0 Å². The average molecular weight is 260 g/mol. The van der Waals surface area contributed by atoms with Crippen LogP contribution in [0.15, 0.2) is 23.3 Å². The van der Waals surface area contributed by atoms with Crippen molar-refractivity contribution in [1.29, 1.82) is 0 Å². The molecule has 1 amide bonds. The van der Waals surface area contributed by atoms with Crippen molar-refractivity contribution in [1.82, 2.24) is 4.90 Å². The van der Waals surface area contributed by atoms with E-state index in [4.69, 9.17) is 10.3 Å². The lowest BCUT2D eigenvalue weighted by atomic mass is 10.1. The molecule has 1 aliphatic rings. The number of carbonyl (C=O) groups is 1. The zero-order chi connectivity index (χ0) is 14.0. The van der Waals surface area contributed by atoms with Gasteiger partial charge in [0.25, 0.3) is 0 Å². The van der Waals surface area contributed by atoms with Crippen molar-refractivity contribution < 1.29 is 9.53 Å². The number of rotatable bonds is 1. The zero-order valence-electron chi connectivity index (χ0n) is 11.3. The molecule has 1 aliphatic heterocycles. The number of carbonyl (C=O) groups excluding carboxylic acids is 1. The molecule has 1 aromatic carbocycles. The minimum atomic E-state index is -0.514. The van der Waals surface area contributed by atoms with Crippen molar-refractivity contribution in [2.75, 3.05) is 0 Å². The Morgan fingerprint density at radius 2 is 2.16 bits per heavy atom. The van der Waals surface area contributed by atoms with Gasteiger partial charge in [-0.1, -0.05) is 23.3 Å². The van der Waals surface area contributed by atoms with E-state index < -0.39 is 5.60 Å². The average Bonchev–Trinajstić information content (AvgIpc) is 2.72. The van der Waals surface area contributed by atoms with E-state index >= 15 is 0 Å². The fourth-order valence-electron chi connectivity index (χ4n) is 2.00. The normalized spacial score (nSPS) is 13.7. The van der Waals surface area contributed by atoms with Gasteiger partial charge in [-0.2, -0.15) is 0 Å². The molecule has 6 nitrogen and oxygen atoms in total. The Kier molecular flexibility index (Phi) is 3.36. The van der Waals surface area contributed by atoms with Gasteiger partial charge in [-0.05, 0) is 37.4 Å². The van der Waals surface area contributed by atoms with Gasteiger partial charge in [-0.3, -0.25) is 4.90 Å². The van der Waals surface area contributed by atoms with Gasteiger partial charge in [-0.25, -0.2) is 4.79 Å². The van der Waals surface area contributed by atoms with Gasteiger partial charge in [0.05, 0.1) is 6.54 Å². The first-order valence-corrected chi connectivity index (χ1v) is 6.04. The third kappa shape index (κ3) is 2.98. The van der Waals surface area contributed by atoms with Gasteiger partial charge in [0, 0.05) is 17.1 Å². The highest BCUT2D eigenvalue weighted by molar-refractivity contribution is 5.70. The maximum Gasteiger partial charge on any atom is 0.410 e. The molecule has 100 valence electrons. The Hall–Kier alpha value is -2.20. The van der Waals surface area contributed by atoms with Crippen molar-refractivity contribution in [2.45, 2.75) is 39.5 Å². The number of benzene rings is 1. The van der Waals surface area contributed by atoms with E-state index in [-0.39, 0.29) is 6.09 Å². The maximum absolute atomic E-state index is 12.0. The van der Waals surface area contributed by atoms with Crippen LogP contribution in [0.4, 0.5) is 10.5 Å². The first-order chi connectivity index (χ1) is 8.90. The first-order valence-electron chi connectivity index (χ1n) is 6.04. The topological polar surface area (TPSA) is 78.3 Å². The summed E-state index contributed by atoms with van der Waals surface area (Å²) in [5.41, 5.74) is 10.5. The zero-order valence-corrected chi connectivity index (χ0v) is 11.3. The lowest BCUT2D eigenvalue weighted by Gasteiger charge is -2.24. The molecule has 0 saturated carbocycles. The highest BCUT2D eigenvalue weighted by Crippen LogP contribution is 2.32. The molecule has 2 rings (SSSR count). The number of hydrogen-bond donors (Lipinski definition) is 0. The fraction of sp³-hybridized carbons (Fsp3) is 0.462. The molecule has 0 spiro atoms. The van der Waals surface area contributed by atoms with Crippen molar-refractivity contribution in [3.63, 3.8) is 0 Å². The van der Waals surface area contributed by atoms with Crippen LogP contribution in [0.2, 0.25) is 0 Å². The number of nitrogens with zero attached hydrogens (tertiary/aromatic N) is 4. The Labute approximate surface area is 111 Å². The summed E-state index contributed by atoms with van der Waals surface area (Å²) < 4.78 is 5.34. The SMILES string of the molecule is CC(C)(C)OC(=O)N1Cc2cccc(N=[N+]=[N-])c2C1. The third-order valence-corrected chi connectivity index (χ3v) is 2.76. The summed E-state index contributed by atoms with van der Waals surface area (Å²) in [6.07, 6.45) is -0.351. The van der Waals surface area contributed by atoms with E-state index in [1.165, 1.54) is 0 Å². The Morgan fingerprint density at radius 3 is 2.79 bits per heavy atom. The molecular formula is C13H16N4O2. The molecule has 0 bridgehead atoms. The second-order valence-electron chi connectivity index (χ2n) is 5.44. The predicted molar refractivity (Wildman–Crippen MR) is 70.7 cm³/mol. The second kappa shape index (κ2) is 4.82. The predicted octanol–water partition coefficient (Wildman–Crippen LogP) is 3.88. The van der Waals surface area contributed by atoms with Gasteiger partial charge in [0.2, 0.25) is 0 Å². The van der Waals surface area contributed by atoms with Crippen molar-refractivity contribution in [2.24, 2.45) is 5.11 Å². The number of fused-ring (bicyclic) bond motifs is 1. The molecule has 1 heterocycles. The summed E-state index contributed by atoms with van der Waals surface area (Å²) in [6.45, 7) is 6.40. The number of azide groups is 1. The van der Waals surface area contributed by atoms with Crippen LogP contribution in [-0.2, 0) is 17.8 Å². The van der Waals surface area contributed by atoms with E-state index in [9.17, 15) is 4.79 Å². The van der Waals surface area contributed by atoms with Crippen molar-refractivity contribution >= 4 is 11.8 Å². The van der Waals surface area contributed by atoms with Gasteiger partial charge < -0.3 is 4.74 Å². The fourth-order valence-corrected chi connectivity index (χ4v) is 2.00. The number of ether oxygens (including phenoxy) is 1. The Bertz CT molecular complexity index is 556. The Balaban J connectivity index is 2.18. The maximum atomic E-state index is 12.0. The van der Waals surface area contributed by atoms with E-state index in [2.05, 4.69) is 10.0 Å². The van der Waals surface area contributed by atoms with Crippen LogP contribution >= 0.6 is 0 Å². The van der Waals surface area contributed by atoms with E-state index in [0.29, 0.717) is 18.8 Å². The van der Waals surface area contributed by atoms with Crippen LogP contribution in [0.5, 0.6) is 0 Å². The number of hydrogen-bond acceptors (Lipinski definition) is 3. The van der Waals surface area contributed by atoms with Crippen LogP contribution in [0, 0.1) is 0 Å². The number of amides is 1. The minimum Gasteiger partial charge on any atom is -0.444 e. The highest BCUT2D eigenvalue weighted by atomic mass is 16.6. The minimum absolute atomic E-state index is 0.351. The first kappa shape index (κ1) is 13.2. The molecule has 0 saturated heterocycles. The third-order valence-electron chi connectivity index (χ3n) is 2.76. The highest BCUT2D eigenvalue weighted by Gasteiger charge is 2.28. The van der Waals surface area contributed by atoms with Crippen molar-refractivity contribution in [3.05, 3.63) is 39.8 Å². The van der Waals surface area contributed by atoms with Crippen LogP contribution in [-0.4, -0.2) is 16.6 Å². The van der Waals surface area contributed by atoms with Gasteiger partial charge in [0.15, 0.2) is 0 Å². The summed E-state index contributed by atoms with van der Waals surface area (Å²) in [5, 5.41) is 3.65. The molecule has 0 fully saturated rings. The van der Waals surface area contributed by atoms with Crippen LogP contribution in [0.25, 0.3) is 10.4 Å². The lowest BCUT2D eigenvalue weighted by molar-refractivity contribution is 0.0242. The smallest absolute Gasteiger partial charge is 0.410 e. The quantitative estimate of drug-likeness (QED) is 0.436. The molecular weight excluding hydrogens is 244 g/mol.